The molecule has 0 radical (unpaired) electrons. The van der Waals surface area contributed by atoms with E-state index in [1.54, 1.807) is 25.3 Å². The zero-order valence-electron chi connectivity index (χ0n) is 16.2. The van der Waals surface area contributed by atoms with Crippen molar-refractivity contribution in [2.24, 2.45) is 0 Å². The zero-order valence-corrected chi connectivity index (χ0v) is 19.4. The van der Waals surface area contributed by atoms with Gasteiger partial charge in [0.2, 0.25) is 0 Å². The first-order valence-electron chi connectivity index (χ1n) is 8.78. The summed E-state index contributed by atoms with van der Waals surface area (Å²) in [6.07, 6.45) is 1.71. The van der Waals surface area contributed by atoms with Crippen molar-refractivity contribution in [3.8, 4) is 11.5 Å². The van der Waals surface area contributed by atoms with Crippen molar-refractivity contribution in [1.29, 1.82) is 0 Å². The number of amides is 1. The molecular weight excluding hydrogens is 490 g/mol. The number of nitrogens with zero attached hydrogens (tertiary/aromatic N) is 1. The van der Waals surface area contributed by atoms with Gasteiger partial charge < -0.3 is 14.2 Å². The van der Waals surface area contributed by atoms with E-state index in [0.29, 0.717) is 27.3 Å². The lowest BCUT2D eigenvalue weighted by atomic mass is 10.1. The third-order valence-electron chi connectivity index (χ3n) is 4.18. The molecule has 0 atom stereocenters. The first-order valence-corrected chi connectivity index (χ1v) is 10.8. The Bertz CT molecular complexity index is 1010. The normalized spacial score (nSPS) is 14.9. The molecule has 3 rings (SSSR count). The van der Waals surface area contributed by atoms with Gasteiger partial charge in [0.15, 0.2) is 11.5 Å². The van der Waals surface area contributed by atoms with E-state index in [-0.39, 0.29) is 12.5 Å². The van der Waals surface area contributed by atoms with Crippen LogP contribution in [0.25, 0.3) is 6.08 Å². The van der Waals surface area contributed by atoms with Gasteiger partial charge in [-0.05, 0) is 41.5 Å². The Labute approximate surface area is 192 Å². The molecule has 9 heteroatoms. The number of esters is 1. The van der Waals surface area contributed by atoms with Gasteiger partial charge in [0.25, 0.3) is 5.91 Å². The van der Waals surface area contributed by atoms with Gasteiger partial charge in [-0.2, -0.15) is 0 Å². The van der Waals surface area contributed by atoms with Crippen LogP contribution in [0.3, 0.4) is 0 Å². The summed E-state index contributed by atoms with van der Waals surface area (Å²) in [5.74, 6) is 0.285. The number of thiocarbonyl (C=S) groups is 1. The van der Waals surface area contributed by atoms with Crippen molar-refractivity contribution < 1.29 is 23.8 Å². The number of hydrogen-bond donors (Lipinski definition) is 0. The molecule has 0 unspecified atom stereocenters. The first kappa shape index (κ1) is 22.3. The van der Waals surface area contributed by atoms with Crippen LogP contribution in [-0.4, -0.2) is 41.9 Å². The van der Waals surface area contributed by atoms with E-state index in [9.17, 15) is 9.59 Å². The van der Waals surface area contributed by atoms with Crippen molar-refractivity contribution in [3.63, 3.8) is 0 Å². The van der Waals surface area contributed by atoms with Gasteiger partial charge in [-0.1, -0.05) is 58.1 Å². The molecule has 1 saturated heterocycles. The zero-order chi connectivity index (χ0) is 21.7. The second kappa shape index (κ2) is 10.1. The van der Waals surface area contributed by atoms with Gasteiger partial charge in [-0.3, -0.25) is 14.5 Å². The predicted molar refractivity (Wildman–Crippen MR) is 123 cm³/mol. The Kier molecular flexibility index (Phi) is 7.52. The van der Waals surface area contributed by atoms with E-state index >= 15 is 0 Å². The highest BCUT2D eigenvalue weighted by Gasteiger charge is 2.33. The molecule has 156 valence electrons. The van der Waals surface area contributed by atoms with Gasteiger partial charge >= 0.3 is 5.97 Å². The van der Waals surface area contributed by atoms with Crippen LogP contribution in [0, 0.1) is 0 Å². The quantitative estimate of drug-likeness (QED) is 0.312. The van der Waals surface area contributed by atoms with Crippen LogP contribution in [0.5, 0.6) is 11.5 Å². The van der Waals surface area contributed by atoms with Gasteiger partial charge in [-0.25, -0.2) is 0 Å². The summed E-state index contributed by atoms with van der Waals surface area (Å²) in [6.45, 7) is 0.194. The van der Waals surface area contributed by atoms with Crippen LogP contribution in [0.1, 0.15) is 11.1 Å². The summed E-state index contributed by atoms with van der Waals surface area (Å²) in [6, 6.07) is 13.3. The van der Waals surface area contributed by atoms with Crippen molar-refractivity contribution >= 4 is 62.2 Å². The van der Waals surface area contributed by atoms with Crippen LogP contribution >= 0.6 is 39.9 Å². The van der Waals surface area contributed by atoms with Crippen LogP contribution in [0.2, 0.25) is 0 Å². The van der Waals surface area contributed by atoms with E-state index < -0.39 is 5.97 Å². The molecule has 0 N–H and O–H groups in total. The van der Waals surface area contributed by atoms with Crippen LogP contribution in [-0.2, 0) is 20.9 Å². The number of methoxy groups -OCH3 is 2. The lowest BCUT2D eigenvalue weighted by Gasteiger charge is -2.12. The molecule has 1 heterocycles. The molecule has 30 heavy (non-hydrogen) atoms. The third-order valence-corrected chi connectivity index (χ3v) is 6.09. The lowest BCUT2D eigenvalue weighted by Crippen LogP contribution is -2.33. The van der Waals surface area contributed by atoms with E-state index in [0.717, 1.165) is 27.4 Å². The molecule has 0 aromatic heterocycles. The first-order chi connectivity index (χ1) is 14.4. The summed E-state index contributed by atoms with van der Waals surface area (Å²) in [4.78, 5) is 25.7. The molecule has 2 aromatic rings. The van der Waals surface area contributed by atoms with Gasteiger partial charge in [-0.15, -0.1) is 0 Å². The van der Waals surface area contributed by atoms with E-state index in [4.69, 9.17) is 21.7 Å². The summed E-state index contributed by atoms with van der Waals surface area (Å²) >= 11 is 9.76. The molecule has 0 spiro atoms. The number of hydrogen-bond acceptors (Lipinski definition) is 7. The Morgan fingerprint density at radius 1 is 1.17 bits per heavy atom. The Hall–Kier alpha value is -2.36. The smallest absolute Gasteiger partial charge is 0.325 e. The minimum Gasteiger partial charge on any atom is -0.493 e. The number of ether oxygens (including phenoxy) is 3. The number of thioether (sulfide) groups is 1. The maximum Gasteiger partial charge on any atom is 0.325 e. The maximum atomic E-state index is 12.6. The van der Waals surface area contributed by atoms with Crippen LogP contribution in [0.15, 0.2) is 51.8 Å². The minimum absolute atomic E-state index is 0.204. The summed E-state index contributed by atoms with van der Waals surface area (Å²) in [5, 5.41) is 0. The lowest BCUT2D eigenvalue weighted by molar-refractivity contribution is -0.143. The largest absolute Gasteiger partial charge is 0.493 e. The highest BCUT2D eigenvalue weighted by atomic mass is 79.9. The molecule has 1 amide bonds. The minimum atomic E-state index is -0.526. The van der Waals surface area contributed by atoms with Crippen molar-refractivity contribution in [3.05, 3.63) is 63.0 Å². The van der Waals surface area contributed by atoms with Gasteiger partial charge in [0.05, 0.1) is 19.1 Å². The molecule has 0 aliphatic carbocycles. The SMILES string of the molecule is COC(=O)CN1C(=O)C(=Cc2ccc(OCc3ccc(Br)cc3)c(OC)c2)SC1=S. The molecule has 6 nitrogen and oxygen atoms in total. The molecule has 0 bridgehead atoms. The van der Waals surface area contributed by atoms with Crippen molar-refractivity contribution in [2.45, 2.75) is 6.61 Å². The highest BCUT2D eigenvalue weighted by Crippen LogP contribution is 2.35. The third kappa shape index (κ3) is 5.41. The number of carbonyl (C=O) groups excluding carboxylic acids is 2. The van der Waals surface area contributed by atoms with E-state index in [1.165, 1.54) is 12.0 Å². The topological polar surface area (TPSA) is 65.1 Å². The summed E-state index contributed by atoms with van der Waals surface area (Å²) in [5.41, 5.74) is 1.78. The number of rotatable bonds is 7. The van der Waals surface area contributed by atoms with Crippen LogP contribution in [0.4, 0.5) is 0 Å². The van der Waals surface area contributed by atoms with Crippen LogP contribution < -0.4 is 9.47 Å². The Morgan fingerprint density at radius 2 is 1.90 bits per heavy atom. The average molecular weight is 508 g/mol. The van der Waals surface area contributed by atoms with E-state index in [2.05, 4.69) is 20.7 Å². The standard InChI is InChI=1S/C21H18BrNO5S2/c1-26-17-9-14(5-8-16(17)28-12-13-3-6-15(22)7-4-13)10-18-20(25)23(21(29)30-18)11-19(24)27-2/h3-10H,11-12H2,1-2H3. The highest BCUT2D eigenvalue weighted by molar-refractivity contribution is 9.10. The monoisotopic (exact) mass is 507 g/mol. The van der Waals surface area contributed by atoms with E-state index in [1.807, 2.05) is 30.3 Å². The predicted octanol–water partition coefficient (Wildman–Crippen LogP) is 4.41. The van der Waals surface area contributed by atoms with Crippen molar-refractivity contribution in [1.82, 2.24) is 4.90 Å². The fourth-order valence-electron chi connectivity index (χ4n) is 2.62. The summed E-state index contributed by atoms with van der Waals surface area (Å²) in [7, 11) is 2.82. The fraction of sp³-hybridized carbons (Fsp3) is 0.190. The second-order valence-electron chi connectivity index (χ2n) is 6.17. The fourth-order valence-corrected chi connectivity index (χ4v) is 4.14. The average Bonchev–Trinajstić information content (AvgIpc) is 3.00. The molecule has 2 aromatic carbocycles. The molecule has 0 saturated carbocycles. The Morgan fingerprint density at radius 3 is 2.57 bits per heavy atom. The number of benzene rings is 2. The number of halogens is 1. The van der Waals surface area contributed by atoms with Crippen molar-refractivity contribution in [2.75, 3.05) is 20.8 Å². The molecule has 1 fully saturated rings. The maximum absolute atomic E-state index is 12.6. The summed E-state index contributed by atoms with van der Waals surface area (Å²) < 4.78 is 17.3. The Balaban J connectivity index is 1.74. The number of carbonyl (C=O) groups is 2. The van der Waals surface area contributed by atoms with Gasteiger partial charge in [0.1, 0.15) is 17.5 Å². The second-order valence-corrected chi connectivity index (χ2v) is 8.76. The molecule has 1 aliphatic heterocycles. The molecular formula is C21H18BrNO5S2. The van der Waals surface area contributed by atoms with Gasteiger partial charge in [0, 0.05) is 4.47 Å². The molecule has 1 aliphatic rings.